The number of unbranched alkanes of at least 4 members (excludes halogenated alkanes) is 12. The monoisotopic (exact) mass is 1200 g/mol. The number of hydrogen-bond donors (Lipinski definition) is 1. The highest BCUT2D eigenvalue weighted by Gasteiger charge is 2.14. The van der Waals surface area contributed by atoms with E-state index in [0.717, 1.165) is 119 Å². The SMILES string of the molecule is CCCCCCOc1cc(C)cc(COc2cc(COc3cc(CO)cc(OCc4cc(OCc5cc(C)cc(OCCCCCC)c5)cc(OCc5cc(OCCCCCC)cc(OCCCCCC)c5)c4)c3)cc(OCc3cc(C)cc(C)c3)c2)c1. The van der Waals surface area contributed by atoms with Gasteiger partial charge in [0.15, 0.2) is 0 Å². The van der Waals surface area contributed by atoms with Crippen LogP contribution in [0.1, 0.15) is 192 Å². The Balaban J connectivity index is 1.09. The van der Waals surface area contributed by atoms with Crippen molar-refractivity contribution in [2.24, 2.45) is 0 Å². The standard InChI is InChI=1S/C77H100O11/c1-9-13-17-21-25-79-68-34-59(7)32-63(38-68)52-84-75-43-66(42-74(48-75)83-51-62-30-57(5)29-58(6)31-62)55-86-72-36-61(50-78)37-73(47-72)87-56-67-44-76(85-53-64-33-60(8)35-69(39-64)80-26-22-18-14-10-2)49-77(45-67)88-54-65-40-70(81-27-23-19-15-11-3)46-71(41-65)82-28-24-20-16-12-4/h29-49,78H,9-28,50-56H2,1-8H3. The number of ether oxygens (including phenoxy) is 10. The summed E-state index contributed by atoms with van der Waals surface area (Å²) in [5.74, 6) is 6.86. The van der Waals surface area contributed by atoms with E-state index in [2.05, 4.69) is 110 Å². The van der Waals surface area contributed by atoms with Gasteiger partial charge in [-0.15, -0.1) is 0 Å². The molecule has 7 aromatic carbocycles. The Hall–Kier alpha value is -7.50. The molecule has 0 aliphatic rings. The Bertz CT molecular complexity index is 3110. The molecule has 0 aliphatic carbocycles. The quantitative estimate of drug-likeness (QED) is 0.0369. The molecule has 0 aromatic heterocycles. The normalized spacial score (nSPS) is 11.1. The number of benzene rings is 7. The van der Waals surface area contributed by atoms with Crippen molar-refractivity contribution in [1.29, 1.82) is 0 Å². The van der Waals surface area contributed by atoms with Gasteiger partial charge in [0.25, 0.3) is 0 Å². The van der Waals surface area contributed by atoms with Gasteiger partial charge in [-0.05, 0) is 176 Å². The number of aliphatic hydroxyl groups excluding tert-OH is 1. The van der Waals surface area contributed by atoms with Crippen LogP contribution in [0.2, 0.25) is 0 Å². The second-order valence-corrected chi connectivity index (χ2v) is 23.6. The Morgan fingerprint density at radius 1 is 0.216 bits per heavy atom. The van der Waals surface area contributed by atoms with E-state index in [1.807, 2.05) is 72.8 Å². The highest BCUT2D eigenvalue weighted by atomic mass is 16.5. The molecule has 7 rings (SSSR count). The molecule has 0 heterocycles. The van der Waals surface area contributed by atoms with Gasteiger partial charge in [0.1, 0.15) is 97.1 Å². The Labute approximate surface area is 526 Å². The summed E-state index contributed by atoms with van der Waals surface area (Å²) in [5.41, 5.74) is 10.9. The van der Waals surface area contributed by atoms with Crippen LogP contribution in [-0.2, 0) is 46.2 Å². The van der Waals surface area contributed by atoms with E-state index in [-0.39, 0.29) is 26.4 Å². The second kappa shape index (κ2) is 38.0. The molecule has 0 radical (unpaired) electrons. The van der Waals surface area contributed by atoms with Crippen molar-refractivity contribution in [3.63, 3.8) is 0 Å². The van der Waals surface area contributed by atoms with Crippen LogP contribution in [0.3, 0.4) is 0 Å². The third-order valence-electron chi connectivity index (χ3n) is 14.9. The van der Waals surface area contributed by atoms with Crippen molar-refractivity contribution in [3.8, 4) is 57.5 Å². The Morgan fingerprint density at radius 2 is 0.420 bits per heavy atom. The third kappa shape index (κ3) is 25.3. The average molecular weight is 1200 g/mol. The van der Waals surface area contributed by atoms with E-state index in [9.17, 15) is 5.11 Å². The van der Waals surface area contributed by atoms with Gasteiger partial charge in [0, 0.05) is 24.3 Å². The van der Waals surface area contributed by atoms with E-state index in [1.54, 1.807) is 0 Å². The zero-order valence-electron chi connectivity index (χ0n) is 54.2. The lowest BCUT2D eigenvalue weighted by Crippen LogP contribution is -2.04. The molecule has 1 N–H and O–H groups in total. The molecule has 0 fully saturated rings. The summed E-state index contributed by atoms with van der Waals surface area (Å²) in [6.07, 6.45) is 18.2. The molecule has 0 aliphatic heterocycles. The fraction of sp³-hybridized carbons (Fsp3) is 0.455. The van der Waals surface area contributed by atoms with Gasteiger partial charge in [0.05, 0.1) is 33.0 Å². The van der Waals surface area contributed by atoms with E-state index < -0.39 is 0 Å². The number of rotatable bonds is 43. The van der Waals surface area contributed by atoms with Gasteiger partial charge in [-0.3, -0.25) is 0 Å². The van der Waals surface area contributed by atoms with E-state index >= 15 is 0 Å². The highest BCUT2D eigenvalue weighted by Crippen LogP contribution is 2.33. The first-order chi connectivity index (χ1) is 42.9. The van der Waals surface area contributed by atoms with Crippen LogP contribution >= 0.6 is 0 Å². The van der Waals surface area contributed by atoms with Gasteiger partial charge in [-0.25, -0.2) is 0 Å². The average Bonchev–Trinajstić information content (AvgIpc) is 3.26. The lowest BCUT2D eigenvalue weighted by molar-refractivity contribution is 0.267. The minimum atomic E-state index is -0.208. The van der Waals surface area contributed by atoms with Crippen LogP contribution in [0, 0.1) is 27.7 Å². The predicted molar refractivity (Wildman–Crippen MR) is 355 cm³/mol. The summed E-state index contributed by atoms with van der Waals surface area (Å²) in [6.45, 7) is 21.4. The Morgan fingerprint density at radius 3 is 0.670 bits per heavy atom. The van der Waals surface area contributed by atoms with Crippen LogP contribution in [0.5, 0.6) is 57.5 Å². The van der Waals surface area contributed by atoms with Crippen molar-refractivity contribution in [1.82, 2.24) is 0 Å². The van der Waals surface area contributed by atoms with Crippen molar-refractivity contribution < 1.29 is 52.5 Å². The van der Waals surface area contributed by atoms with Gasteiger partial charge in [-0.2, -0.15) is 0 Å². The van der Waals surface area contributed by atoms with Crippen LogP contribution < -0.4 is 47.4 Å². The first kappa shape index (κ1) is 68.0. The Kier molecular flexibility index (Phi) is 29.4. The third-order valence-corrected chi connectivity index (χ3v) is 14.9. The van der Waals surface area contributed by atoms with Crippen LogP contribution in [0.15, 0.2) is 127 Å². The van der Waals surface area contributed by atoms with E-state index in [0.29, 0.717) is 86.3 Å². The molecule has 0 saturated carbocycles. The van der Waals surface area contributed by atoms with Crippen molar-refractivity contribution in [3.05, 3.63) is 189 Å². The molecular weight excluding hydrogens is 1100 g/mol. The van der Waals surface area contributed by atoms with Gasteiger partial charge >= 0.3 is 0 Å². The molecule has 0 atom stereocenters. The van der Waals surface area contributed by atoms with Crippen molar-refractivity contribution >= 4 is 0 Å². The van der Waals surface area contributed by atoms with E-state index in [1.165, 1.54) is 62.5 Å². The molecule has 0 unspecified atom stereocenters. The lowest BCUT2D eigenvalue weighted by Gasteiger charge is -2.16. The minimum absolute atomic E-state index is 0.174. The molecule has 11 nitrogen and oxygen atoms in total. The largest absolute Gasteiger partial charge is 0.494 e. The predicted octanol–water partition coefficient (Wildman–Crippen LogP) is 19.7. The topological polar surface area (TPSA) is 113 Å². The fourth-order valence-corrected chi connectivity index (χ4v) is 10.5. The molecule has 0 bridgehead atoms. The maximum Gasteiger partial charge on any atom is 0.123 e. The lowest BCUT2D eigenvalue weighted by atomic mass is 10.1. The second-order valence-electron chi connectivity index (χ2n) is 23.6. The smallest absolute Gasteiger partial charge is 0.123 e. The van der Waals surface area contributed by atoms with Crippen LogP contribution in [0.4, 0.5) is 0 Å². The number of aliphatic hydroxyl groups is 1. The summed E-state index contributed by atoms with van der Waals surface area (Å²) in [4.78, 5) is 0. The first-order valence-corrected chi connectivity index (χ1v) is 32.7. The highest BCUT2D eigenvalue weighted by molar-refractivity contribution is 5.44. The molecule has 88 heavy (non-hydrogen) atoms. The minimum Gasteiger partial charge on any atom is -0.494 e. The van der Waals surface area contributed by atoms with Crippen LogP contribution in [-0.4, -0.2) is 31.5 Å². The molecular formula is C77H100O11. The summed E-state index contributed by atoms with van der Waals surface area (Å²) >= 11 is 0. The fourth-order valence-electron chi connectivity index (χ4n) is 10.5. The summed E-state index contributed by atoms with van der Waals surface area (Å²) in [7, 11) is 0. The van der Waals surface area contributed by atoms with Crippen molar-refractivity contribution in [2.75, 3.05) is 26.4 Å². The van der Waals surface area contributed by atoms with Gasteiger partial charge in [-0.1, -0.05) is 146 Å². The first-order valence-electron chi connectivity index (χ1n) is 32.7. The van der Waals surface area contributed by atoms with Gasteiger partial charge in [0.2, 0.25) is 0 Å². The molecule has 0 amide bonds. The van der Waals surface area contributed by atoms with Crippen LogP contribution in [0.25, 0.3) is 0 Å². The maximum absolute atomic E-state index is 10.5. The summed E-state index contributed by atoms with van der Waals surface area (Å²) in [6, 6.07) is 42.3. The zero-order chi connectivity index (χ0) is 62.1. The number of aryl methyl sites for hydroxylation is 4. The summed E-state index contributed by atoms with van der Waals surface area (Å²) in [5, 5.41) is 10.5. The van der Waals surface area contributed by atoms with Crippen molar-refractivity contribution in [2.45, 2.75) is 204 Å². The molecule has 0 saturated heterocycles. The van der Waals surface area contributed by atoms with E-state index in [4.69, 9.17) is 47.4 Å². The molecule has 7 aromatic rings. The summed E-state index contributed by atoms with van der Waals surface area (Å²) < 4.78 is 64.3. The number of hydrogen-bond acceptors (Lipinski definition) is 11. The molecule has 474 valence electrons. The zero-order valence-corrected chi connectivity index (χ0v) is 54.2. The molecule has 0 spiro atoms. The maximum atomic E-state index is 10.5. The van der Waals surface area contributed by atoms with Gasteiger partial charge < -0.3 is 52.5 Å². The molecule has 11 heteroatoms.